The second-order valence-electron chi connectivity index (χ2n) is 7.70. The Labute approximate surface area is 202 Å². The molecule has 8 nitrogen and oxygen atoms in total. The number of Topliss-reactive ketones (excluding diaryl/α,β-unsaturated/α-hetero) is 1. The third kappa shape index (κ3) is 5.75. The molecule has 1 aliphatic heterocycles. The maximum Gasteiger partial charge on any atom is 0.191 e. The molecule has 0 N–H and O–H groups in total. The molecule has 4 rings (SSSR count). The van der Waals surface area contributed by atoms with Gasteiger partial charge in [-0.25, -0.2) is 4.39 Å². The number of nitrogens with zero attached hydrogens (tertiary/aromatic N) is 4. The van der Waals surface area contributed by atoms with Gasteiger partial charge in [-0.15, -0.1) is 10.2 Å². The Morgan fingerprint density at radius 2 is 1.76 bits per heavy atom. The van der Waals surface area contributed by atoms with Gasteiger partial charge >= 0.3 is 0 Å². The van der Waals surface area contributed by atoms with Gasteiger partial charge < -0.3 is 18.8 Å². The smallest absolute Gasteiger partial charge is 0.191 e. The van der Waals surface area contributed by atoms with Crippen LogP contribution in [-0.4, -0.2) is 78.3 Å². The first-order chi connectivity index (χ1) is 16.6. The number of ketones is 1. The number of benzene rings is 2. The summed E-state index contributed by atoms with van der Waals surface area (Å²) >= 11 is 1.33. The summed E-state index contributed by atoms with van der Waals surface area (Å²) in [6.07, 6.45) is 0. The van der Waals surface area contributed by atoms with Crippen molar-refractivity contribution in [2.45, 2.75) is 11.7 Å². The number of halogens is 1. The Bertz CT molecular complexity index is 1120. The predicted octanol–water partition coefficient (Wildman–Crippen LogP) is 3.41. The molecule has 1 aliphatic rings. The van der Waals surface area contributed by atoms with Gasteiger partial charge in [0.1, 0.15) is 5.82 Å². The van der Waals surface area contributed by atoms with Crippen LogP contribution in [0, 0.1) is 5.82 Å². The van der Waals surface area contributed by atoms with E-state index in [2.05, 4.69) is 15.1 Å². The fourth-order valence-corrected chi connectivity index (χ4v) is 4.56. The molecule has 34 heavy (non-hydrogen) atoms. The van der Waals surface area contributed by atoms with Gasteiger partial charge in [0.2, 0.25) is 0 Å². The number of morpholine rings is 1. The quantitative estimate of drug-likeness (QED) is 0.319. The molecule has 0 unspecified atom stereocenters. The van der Waals surface area contributed by atoms with Crippen LogP contribution in [0.15, 0.2) is 47.6 Å². The summed E-state index contributed by atoms with van der Waals surface area (Å²) < 4.78 is 31.4. The van der Waals surface area contributed by atoms with Crippen LogP contribution in [0.4, 0.5) is 4.39 Å². The topological polar surface area (TPSA) is 78.7 Å². The van der Waals surface area contributed by atoms with Gasteiger partial charge in [0.15, 0.2) is 28.3 Å². The lowest BCUT2D eigenvalue weighted by Crippen LogP contribution is -2.38. The Balaban J connectivity index is 1.52. The SMILES string of the molecule is COc1ccc(C(=O)CSc2nnc(-c3ccc(F)cc3)n2CCN2CCOCC2)cc1OC. The second kappa shape index (κ2) is 11.5. The van der Waals surface area contributed by atoms with Crippen molar-refractivity contribution >= 4 is 17.5 Å². The van der Waals surface area contributed by atoms with Gasteiger partial charge in [-0.05, 0) is 42.5 Å². The van der Waals surface area contributed by atoms with Gasteiger partial charge in [0, 0.05) is 37.3 Å². The maximum absolute atomic E-state index is 13.5. The summed E-state index contributed by atoms with van der Waals surface area (Å²) in [5.41, 5.74) is 1.30. The monoisotopic (exact) mass is 486 g/mol. The molecule has 3 aromatic rings. The minimum absolute atomic E-state index is 0.0583. The number of methoxy groups -OCH3 is 2. The molecule has 1 saturated heterocycles. The summed E-state index contributed by atoms with van der Waals surface area (Å²) in [7, 11) is 3.09. The Hall–Kier alpha value is -2.95. The molecule has 2 aromatic carbocycles. The van der Waals surface area contributed by atoms with Crippen LogP contribution in [0.1, 0.15) is 10.4 Å². The number of carbonyl (C=O) groups is 1. The van der Waals surface area contributed by atoms with E-state index in [0.29, 0.717) is 47.8 Å². The number of hydrogen-bond donors (Lipinski definition) is 0. The predicted molar refractivity (Wildman–Crippen MR) is 127 cm³/mol. The molecule has 1 aromatic heterocycles. The summed E-state index contributed by atoms with van der Waals surface area (Å²) in [5.74, 6) is 1.54. The number of hydrogen-bond acceptors (Lipinski definition) is 8. The van der Waals surface area contributed by atoms with Crippen molar-refractivity contribution in [1.82, 2.24) is 19.7 Å². The zero-order chi connectivity index (χ0) is 23.9. The van der Waals surface area contributed by atoms with Gasteiger partial charge in [-0.2, -0.15) is 0 Å². The Kier molecular flexibility index (Phi) is 8.15. The molecular weight excluding hydrogens is 459 g/mol. The van der Waals surface area contributed by atoms with E-state index in [-0.39, 0.29) is 17.4 Å². The molecule has 0 aliphatic carbocycles. The molecule has 10 heteroatoms. The second-order valence-corrected chi connectivity index (χ2v) is 8.64. The molecule has 0 bridgehead atoms. The highest BCUT2D eigenvalue weighted by molar-refractivity contribution is 7.99. The molecule has 0 radical (unpaired) electrons. The largest absolute Gasteiger partial charge is 0.493 e. The summed E-state index contributed by atoms with van der Waals surface area (Å²) in [5, 5.41) is 9.35. The van der Waals surface area contributed by atoms with Crippen molar-refractivity contribution < 1.29 is 23.4 Å². The van der Waals surface area contributed by atoms with E-state index in [1.165, 1.54) is 31.0 Å². The van der Waals surface area contributed by atoms with E-state index in [4.69, 9.17) is 14.2 Å². The third-order valence-corrected chi connectivity index (χ3v) is 6.57. The zero-order valence-corrected chi connectivity index (χ0v) is 20.0. The van der Waals surface area contributed by atoms with E-state index < -0.39 is 0 Å². The van der Waals surface area contributed by atoms with Crippen LogP contribution in [0.5, 0.6) is 11.5 Å². The van der Waals surface area contributed by atoms with E-state index in [0.717, 1.165) is 25.2 Å². The number of thioether (sulfide) groups is 1. The standard InChI is InChI=1S/C24H27FN4O4S/c1-31-21-8-5-18(15-22(21)32-2)20(30)16-34-24-27-26-23(17-3-6-19(25)7-4-17)29(24)10-9-28-11-13-33-14-12-28/h3-8,15H,9-14,16H2,1-2H3. The minimum atomic E-state index is -0.307. The molecule has 0 atom stereocenters. The van der Waals surface area contributed by atoms with Crippen molar-refractivity contribution in [1.29, 1.82) is 0 Å². The summed E-state index contributed by atoms with van der Waals surface area (Å²) in [6, 6.07) is 11.3. The zero-order valence-electron chi connectivity index (χ0n) is 19.2. The molecular formula is C24H27FN4O4S. The Morgan fingerprint density at radius 1 is 1.03 bits per heavy atom. The fourth-order valence-electron chi connectivity index (χ4n) is 3.70. The van der Waals surface area contributed by atoms with Gasteiger partial charge in [-0.3, -0.25) is 9.69 Å². The average molecular weight is 487 g/mol. The third-order valence-electron chi connectivity index (χ3n) is 5.60. The van der Waals surface area contributed by atoms with Gasteiger partial charge in [-0.1, -0.05) is 11.8 Å². The van der Waals surface area contributed by atoms with E-state index >= 15 is 0 Å². The molecule has 0 saturated carbocycles. The number of aromatic nitrogens is 3. The van der Waals surface area contributed by atoms with Crippen molar-refractivity contribution in [3.8, 4) is 22.9 Å². The van der Waals surface area contributed by atoms with Crippen LogP contribution < -0.4 is 9.47 Å². The van der Waals surface area contributed by atoms with E-state index in [9.17, 15) is 9.18 Å². The van der Waals surface area contributed by atoms with E-state index in [1.54, 1.807) is 37.4 Å². The van der Waals surface area contributed by atoms with Crippen molar-refractivity contribution in [2.75, 3.05) is 52.8 Å². The minimum Gasteiger partial charge on any atom is -0.493 e. The average Bonchev–Trinajstić information content (AvgIpc) is 3.29. The molecule has 180 valence electrons. The van der Waals surface area contributed by atoms with Crippen LogP contribution in [-0.2, 0) is 11.3 Å². The molecule has 0 spiro atoms. The van der Waals surface area contributed by atoms with Gasteiger partial charge in [0.05, 0.1) is 33.2 Å². The van der Waals surface area contributed by atoms with Crippen molar-refractivity contribution in [3.63, 3.8) is 0 Å². The first kappa shape index (κ1) is 24.2. The highest BCUT2D eigenvalue weighted by atomic mass is 32.2. The lowest BCUT2D eigenvalue weighted by atomic mass is 10.1. The maximum atomic E-state index is 13.5. The first-order valence-corrected chi connectivity index (χ1v) is 11.9. The van der Waals surface area contributed by atoms with Gasteiger partial charge in [0.25, 0.3) is 0 Å². The lowest BCUT2D eigenvalue weighted by Gasteiger charge is -2.27. The van der Waals surface area contributed by atoms with Crippen LogP contribution in [0.25, 0.3) is 11.4 Å². The van der Waals surface area contributed by atoms with E-state index in [1.807, 2.05) is 4.57 Å². The van der Waals surface area contributed by atoms with Crippen molar-refractivity contribution in [3.05, 3.63) is 53.8 Å². The number of ether oxygens (including phenoxy) is 3. The van der Waals surface area contributed by atoms with Crippen LogP contribution in [0.2, 0.25) is 0 Å². The summed E-state index contributed by atoms with van der Waals surface area (Å²) in [4.78, 5) is 15.2. The number of rotatable bonds is 10. The molecule has 0 amide bonds. The molecule has 1 fully saturated rings. The highest BCUT2D eigenvalue weighted by Gasteiger charge is 2.19. The lowest BCUT2D eigenvalue weighted by molar-refractivity contribution is 0.0361. The fraction of sp³-hybridized carbons (Fsp3) is 0.375. The van der Waals surface area contributed by atoms with Crippen LogP contribution in [0.3, 0.4) is 0 Å². The summed E-state index contributed by atoms with van der Waals surface area (Å²) in [6.45, 7) is 4.62. The highest BCUT2D eigenvalue weighted by Crippen LogP contribution is 2.29. The van der Waals surface area contributed by atoms with Crippen LogP contribution >= 0.6 is 11.8 Å². The first-order valence-electron chi connectivity index (χ1n) is 11.0. The normalized spacial score (nSPS) is 14.2. The Morgan fingerprint density at radius 3 is 2.47 bits per heavy atom. The van der Waals surface area contributed by atoms with Crippen molar-refractivity contribution in [2.24, 2.45) is 0 Å². The molecule has 2 heterocycles. The number of carbonyl (C=O) groups excluding carboxylic acids is 1.